The number of amides is 1. The molecule has 1 aromatic carbocycles. The Labute approximate surface area is 157 Å². The second-order valence-electron chi connectivity index (χ2n) is 5.90. The van der Waals surface area contributed by atoms with E-state index in [1.165, 1.54) is 0 Å². The highest BCUT2D eigenvalue weighted by molar-refractivity contribution is 5.85. The molecule has 0 radical (unpaired) electrons. The van der Waals surface area contributed by atoms with Crippen LogP contribution in [-0.2, 0) is 4.79 Å². The number of nitrogens with zero attached hydrogens (tertiary/aromatic N) is 2. The zero-order valence-electron chi connectivity index (χ0n) is 14.2. The van der Waals surface area contributed by atoms with Crippen molar-refractivity contribution in [3.05, 3.63) is 30.3 Å². The van der Waals surface area contributed by atoms with E-state index in [1.54, 1.807) is 0 Å². The van der Waals surface area contributed by atoms with Crippen molar-refractivity contribution in [2.45, 2.75) is 25.8 Å². The quantitative estimate of drug-likeness (QED) is 0.790. The molecule has 1 fully saturated rings. The van der Waals surface area contributed by atoms with E-state index in [-0.39, 0.29) is 36.8 Å². The van der Waals surface area contributed by atoms with Gasteiger partial charge in [0.25, 0.3) is 0 Å². The Balaban J connectivity index is 0.00000264. The predicted octanol–water partition coefficient (Wildman–Crippen LogP) is 2.18. The van der Waals surface area contributed by atoms with Crippen LogP contribution in [0.25, 0.3) is 0 Å². The topological polar surface area (TPSA) is 58.8 Å². The number of para-hydroxylation sites is 1. The maximum atomic E-state index is 12.0. The number of carbonyl (C=O) groups excluding carboxylic acids is 1. The number of ether oxygens (including phenoxy) is 1. The molecule has 1 amide bonds. The van der Waals surface area contributed by atoms with E-state index in [0.29, 0.717) is 13.0 Å². The lowest BCUT2D eigenvalue weighted by Gasteiger charge is -2.34. The van der Waals surface area contributed by atoms with Gasteiger partial charge in [0.05, 0.1) is 0 Å². The molecule has 0 aliphatic carbocycles. The van der Waals surface area contributed by atoms with Gasteiger partial charge in [0, 0.05) is 45.2 Å². The normalized spacial score (nSPS) is 15.8. The molecule has 138 valence electrons. The molecular weight excluding hydrogens is 349 g/mol. The number of hydrogen-bond acceptors (Lipinski definition) is 4. The minimum atomic E-state index is 0. The average Bonchev–Trinajstić information content (AvgIpc) is 2.54. The van der Waals surface area contributed by atoms with Crippen LogP contribution >= 0.6 is 24.8 Å². The summed E-state index contributed by atoms with van der Waals surface area (Å²) in [6.45, 7) is 6.98. The Hall–Kier alpha value is -1.01. The maximum absolute atomic E-state index is 12.0. The molecule has 1 saturated heterocycles. The largest absolute Gasteiger partial charge is 0.492 e. The number of piperazine rings is 1. The van der Waals surface area contributed by atoms with Gasteiger partial charge in [0.15, 0.2) is 0 Å². The second kappa shape index (κ2) is 12.4. The molecule has 0 aromatic heterocycles. The molecule has 0 saturated carbocycles. The highest BCUT2D eigenvalue weighted by Gasteiger charge is 2.20. The fraction of sp³-hybridized carbons (Fsp3) is 0.588. The van der Waals surface area contributed by atoms with Crippen molar-refractivity contribution in [1.82, 2.24) is 9.80 Å². The fourth-order valence-corrected chi connectivity index (χ4v) is 2.54. The molecule has 7 heteroatoms. The van der Waals surface area contributed by atoms with Gasteiger partial charge in [-0.25, -0.2) is 0 Å². The number of hydrogen-bond donors (Lipinski definition) is 1. The lowest BCUT2D eigenvalue weighted by atomic mass is 10.1. The Morgan fingerprint density at radius 3 is 2.38 bits per heavy atom. The summed E-state index contributed by atoms with van der Waals surface area (Å²) in [5, 5.41) is 0. The third-order valence-corrected chi connectivity index (χ3v) is 3.96. The van der Waals surface area contributed by atoms with Crippen LogP contribution in [0.15, 0.2) is 30.3 Å². The minimum Gasteiger partial charge on any atom is -0.492 e. The number of rotatable bonds is 7. The van der Waals surface area contributed by atoms with Crippen molar-refractivity contribution in [3.8, 4) is 5.75 Å². The van der Waals surface area contributed by atoms with Crippen LogP contribution in [0.5, 0.6) is 5.75 Å². The molecule has 2 N–H and O–H groups in total. The van der Waals surface area contributed by atoms with Crippen molar-refractivity contribution in [2.75, 3.05) is 39.3 Å². The zero-order valence-corrected chi connectivity index (χ0v) is 15.9. The van der Waals surface area contributed by atoms with E-state index in [0.717, 1.165) is 44.9 Å². The van der Waals surface area contributed by atoms with E-state index in [2.05, 4.69) is 4.90 Å². The summed E-state index contributed by atoms with van der Waals surface area (Å²) in [4.78, 5) is 16.3. The second-order valence-corrected chi connectivity index (χ2v) is 5.90. The van der Waals surface area contributed by atoms with Gasteiger partial charge >= 0.3 is 0 Å². The van der Waals surface area contributed by atoms with E-state index in [4.69, 9.17) is 10.5 Å². The molecule has 0 bridgehead atoms. The Kier molecular flexibility index (Phi) is 11.8. The summed E-state index contributed by atoms with van der Waals surface area (Å²) in [6, 6.07) is 9.96. The van der Waals surface area contributed by atoms with Crippen LogP contribution in [0, 0.1) is 0 Å². The van der Waals surface area contributed by atoms with Crippen LogP contribution in [0.2, 0.25) is 0 Å². The summed E-state index contributed by atoms with van der Waals surface area (Å²) in [5.74, 6) is 1.14. The van der Waals surface area contributed by atoms with E-state index >= 15 is 0 Å². The average molecular weight is 378 g/mol. The highest BCUT2D eigenvalue weighted by Crippen LogP contribution is 2.09. The van der Waals surface area contributed by atoms with E-state index in [9.17, 15) is 4.79 Å². The first-order chi connectivity index (χ1) is 10.6. The first-order valence-corrected chi connectivity index (χ1v) is 8.08. The molecule has 0 spiro atoms. The molecule has 1 aromatic rings. The van der Waals surface area contributed by atoms with Gasteiger partial charge in [-0.2, -0.15) is 0 Å². The fourth-order valence-electron chi connectivity index (χ4n) is 2.54. The standard InChI is InChI=1S/C17H27N3O2.2ClH/c1-15(18)7-8-17(21)20-11-9-19(10-12-20)13-14-22-16-5-3-2-4-6-16;;/h2-6,15H,7-14,18H2,1H3;2*1H. The Morgan fingerprint density at radius 1 is 1.17 bits per heavy atom. The summed E-state index contributed by atoms with van der Waals surface area (Å²) in [7, 11) is 0. The third kappa shape index (κ3) is 8.20. The number of carbonyl (C=O) groups is 1. The summed E-state index contributed by atoms with van der Waals surface area (Å²) >= 11 is 0. The number of nitrogens with two attached hydrogens (primary N) is 1. The first kappa shape index (κ1) is 23.0. The molecule has 1 atom stereocenters. The van der Waals surface area contributed by atoms with Crippen molar-refractivity contribution in [3.63, 3.8) is 0 Å². The smallest absolute Gasteiger partial charge is 0.222 e. The van der Waals surface area contributed by atoms with Crippen LogP contribution < -0.4 is 10.5 Å². The molecule has 1 aliphatic rings. The van der Waals surface area contributed by atoms with Gasteiger partial charge in [-0.15, -0.1) is 24.8 Å². The van der Waals surface area contributed by atoms with Crippen molar-refractivity contribution in [2.24, 2.45) is 5.73 Å². The summed E-state index contributed by atoms with van der Waals surface area (Å²) in [6.07, 6.45) is 1.33. The lowest BCUT2D eigenvalue weighted by molar-refractivity contribution is -0.133. The van der Waals surface area contributed by atoms with Crippen molar-refractivity contribution >= 4 is 30.7 Å². The van der Waals surface area contributed by atoms with E-state index < -0.39 is 0 Å². The van der Waals surface area contributed by atoms with Gasteiger partial charge in [-0.05, 0) is 25.5 Å². The first-order valence-electron chi connectivity index (χ1n) is 8.08. The Morgan fingerprint density at radius 2 is 1.79 bits per heavy atom. The third-order valence-electron chi connectivity index (χ3n) is 3.96. The van der Waals surface area contributed by atoms with Gasteiger partial charge in [0.1, 0.15) is 12.4 Å². The predicted molar refractivity (Wildman–Crippen MR) is 102 cm³/mol. The molecule has 24 heavy (non-hydrogen) atoms. The van der Waals surface area contributed by atoms with Crippen molar-refractivity contribution < 1.29 is 9.53 Å². The summed E-state index contributed by atoms with van der Waals surface area (Å²) in [5.41, 5.74) is 5.70. The molecule has 1 heterocycles. The SMILES string of the molecule is CC(N)CCC(=O)N1CCN(CCOc2ccccc2)CC1.Cl.Cl. The van der Waals surface area contributed by atoms with E-state index in [1.807, 2.05) is 42.2 Å². The van der Waals surface area contributed by atoms with Crippen molar-refractivity contribution in [1.29, 1.82) is 0 Å². The molecular formula is C17H29Cl2N3O2. The molecule has 1 unspecified atom stereocenters. The number of benzene rings is 1. The number of halogens is 2. The van der Waals surface area contributed by atoms with Gasteiger partial charge in [-0.3, -0.25) is 9.69 Å². The Bertz CT molecular complexity index is 452. The lowest BCUT2D eigenvalue weighted by Crippen LogP contribution is -2.49. The van der Waals surface area contributed by atoms with Gasteiger partial charge in [0.2, 0.25) is 5.91 Å². The summed E-state index contributed by atoms with van der Waals surface area (Å²) < 4.78 is 5.71. The molecule has 5 nitrogen and oxygen atoms in total. The highest BCUT2D eigenvalue weighted by atomic mass is 35.5. The van der Waals surface area contributed by atoms with Crippen LogP contribution in [-0.4, -0.2) is 61.1 Å². The van der Waals surface area contributed by atoms with Crippen LogP contribution in [0.4, 0.5) is 0 Å². The van der Waals surface area contributed by atoms with Gasteiger partial charge < -0.3 is 15.4 Å². The van der Waals surface area contributed by atoms with Crippen LogP contribution in [0.3, 0.4) is 0 Å². The minimum absolute atomic E-state index is 0. The maximum Gasteiger partial charge on any atom is 0.222 e. The zero-order chi connectivity index (χ0) is 15.8. The monoisotopic (exact) mass is 377 g/mol. The van der Waals surface area contributed by atoms with Gasteiger partial charge in [-0.1, -0.05) is 18.2 Å². The van der Waals surface area contributed by atoms with Crippen LogP contribution in [0.1, 0.15) is 19.8 Å². The molecule has 1 aliphatic heterocycles. The molecule has 2 rings (SSSR count).